The summed E-state index contributed by atoms with van der Waals surface area (Å²) in [6.07, 6.45) is 1.95. The van der Waals surface area contributed by atoms with E-state index in [2.05, 4.69) is 25.0 Å². The molecule has 0 amide bonds. The van der Waals surface area contributed by atoms with Gasteiger partial charge in [-0.3, -0.25) is 0 Å². The average Bonchev–Trinajstić information content (AvgIpc) is 2.78. The maximum atomic E-state index is 8.88. The summed E-state index contributed by atoms with van der Waals surface area (Å²) < 4.78 is 1.85. The molecule has 2 rings (SSSR count). The van der Waals surface area contributed by atoms with E-state index in [1.54, 1.807) is 0 Å². The fourth-order valence-corrected chi connectivity index (χ4v) is 1.71. The predicted octanol–water partition coefficient (Wildman–Crippen LogP) is 3.18. The maximum absolute atomic E-state index is 8.88. The molecule has 0 saturated heterocycles. The second-order valence-corrected chi connectivity index (χ2v) is 4.45. The van der Waals surface area contributed by atoms with Gasteiger partial charge in [-0.25, -0.2) is 4.68 Å². The molecule has 3 nitrogen and oxygen atoms in total. The largest absolute Gasteiger partial charge is 0.241 e. The fourth-order valence-electron chi connectivity index (χ4n) is 1.71. The SMILES string of the molecule is Cc1cc(-n2ccc(C(C)C)n2)ccc1C#N. The van der Waals surface area contributed by atoms with Crippen LogP contribution < -0.4 is 0 Å². The van der Waals surface area contributed by atoms with Crippen molar-refractivity contribution < 1.29 is 0 Å². The smallest absolute Gasteiger partial charge is 0.0994 e. The second kappa shape index (κ2) is 4.42. The number of hydrogen-bond donors (Lipinski definition) is 0. The van der Waals surface area contributed by atoms with E-state index >= 15 is 0 Å². The minimum atomic E-state index is 0.427. The van der Waals surface area contributed by atoms with Crippen LogP contribution in [0.5, 0.6) is 0 Å². The summed E-state index contributed by atoms with van der Waals surface area (Å²) in [7, 11) is 0. The van der Waals surface area contributed by atoms with Crippen LogP contribution in [0.4, 0.5) is 0 Å². The number of nitriles is 1. The van der Waals surface area contributed by atoms with Crippen molar-refractivity contribution in [2.24, 2.45) is 0 Å². The van der Waals surface area contributed by atoms with Crippen LogP contribution in [0.3, 0.4) is 0 Å². The Morgan fingerprint density at radius 1 is 1.29 bits per heavy atom. The molecule has 0 unspecified atom stereocenters. The molecule has 2 aromatic rings. The van der Waals surface area contributed by atoms with Crippen LogP contribution in [-0.4, -0.2) is 9.78 Å². The maximum Gasteiger partial charge on any atom is 0.0994 e. The molecule has 0 aliphatic heterocycles. The van der Waals surface area contributed by atoms with Crippen LogP contribution in [-0.2, 0) is 0 Å². The Hall–Kier alpha value is -2.08. The normalized spacial score (nSPS) is 10.5. The molecule has 0 atom stereocenters. The first-order chi connectivity index (χ1) is 8.11. The zero-order valence-corrected chi connectivity index (χ0v) is 10.3. The van der Waals surface area contributed by atoms with Crippen LogP contribution in [0.25, 0.3) is 5.69 Å². The number of hydrogen-bond acceptors (Lipinski definition) is 2. The summed E-state index contributed by atoms with van der Waals surface area (Å²) in [4.78, 5) is 0. The van der Waals surface area contributed by atoms with Crippen molar-refractivity contribution in [1.82, 2.24) is 9.78 Å². The Balaban J connectivity index is 2.40. The highest BCUT2D eigenvalue weighted by Gasteiger charge is 2.06. The lowest BCUT2D eigenvalue weighted by atomic mass is 10.1. The van der Waals surface area contributed by atoms with Crippen molar-refractivity contribution in [3.05, 3.63) is 47.3 Å². The van der Waals surface area contributed by atoms with E-state index < -0.39 is 0 Å². The van der Waals surface area contributed by atoms with Gasteiger partial charge in [0.2, 0.25) is 0 Å². The molecule has 0 radical (unpaired) electrons. The van der Waals surface area contributed by atoms with E-state index in [9.17, 15) is 0 Å². The first kappa shape index (κ1) is 11.4. The quantitative estimate of drug-likeness (QED) is 0.787. The third kappa shape index (κ3) is 2.21. The van der Waals surface area contributed by atoms with E-state index in [4.69, 9.17) is 5.26 Å². The third-order valence-electron chi connectivity index (χ3n) is 2.80. The van der Waals surface area contributed by atoms with Crippen LogP contribution in [0.15, 0.2) is 30.5 Å². The highest BCUT2D eigenvalue weighted by atomic mass is 15.3. The molecule has 0 fully saturated rings. The van der Waals surface area contributed by atoms with Crippen molar-refractivity contribution in [3.8, 4) is 11.8 Å². The van der Waals surface area contributed by atoms with Gasteiger partial charge in [0, 0.05) is 6.20 Å². The van der Waals surface area contributed by atoms with Crippen molar-refractivity contribution in [3.63, 3.8) is 0 Å². The fraction of sp³-hybridized carbons (Fsp3) is 0.286. The van der Waals surface area contributed by atoms with Gasteiger partial charge in [-0.05, 0) is 42.7 Å². The number of aromatic nitrogens is 2. The Labute approximate surface area is 101 Å². The van der Waals surface area contributed by atoms with Crippen molar-refractivity contribution in [2.75, 3.05) is 0 Å². The lowest BCUT2D eigenvalue weighted by Crippen LogP contribution is -1.98. The summed E-state index contributed by atoms with van der Waals surface area (Å²) in [5.74, 6) is 0.427. The van der Waals surface area contributed by atoms with Crippen molar-refractivity contribution >= 4 is 0 Å². The van der Waals surface area contributed by atoms with E-state index in [0.29, 0.717) is 11.5 Å². The van der Waals surface area contributed by atoms with Gasteiger partial charge in [-0.1, -0.05) is 13.8 Å². The monoisotopic (exact) mass is 225 g/mol. The Bertz CT molecular complexity index is 573. The van der Waals surface area contributed by atoms with Crippen LogP contribution in [0.2, 0.25) is 0 Å². The first-order valence-corrected chi connectivity index (χ1v) is 5.68. The standard InChI is InChI=1S/C14H15N3/c1-10(2)14-6-7-17(16-14)13-5-4-12(9-15)11(3)8-13/h4-8,10H,1-3H3. The Morgan fingerprint density at radius 2 is 2.06 bits per heavy atom. The first-order valence-electron chi connectivity index (χ1n) is 5.68. The van der Waals surface area contributed by atoms with Crippen LogP contribution in [0, 0.1) is 18.3 Å². The molecule has 1 aromatic carbocycles. The lowest BCUT2D eigenvalue weighted by molar-refractivity contribution is 0.768. The third-order valence-corrected chi connectivity index (χ3v) is 2.80. The van der Waals surface area contributed by atoms with E-state index in [1.807, 2.05) is 42.1 Å². The summed E-state index contributed by atoms with van der Waals surface area (Å²) in [6, 6.07) is 9.93. The highest BCUT2D eigenvalue weighted by molar-refractivity contribution is 5.45. The zero-order valence-electron chi connectivity index (χ0n) is 10.3. The predicted molar refractivity (Wildman–Crippen MR) is 67.1 cm³/mol. The molecular formula is C14H15N3. The molecule has 0 aliphatic rings. The average molecular weight is 225 g/mol. The van der Waals surface area contributed by atoms with Gasteiger partial charge in [0.25, 0.3) is 0 Å². The summed E-state index contributed by atoms with van der Waals surface area (Å²) in [5.41, 5.74) is 3.76. The van der Waals surface area contributed by atoms with Gasteiger partial charge in [0.05, 0.1) is 23.0 Å². The summed E-state index contributed by atoms with van der Waals surface area (Å²) in [6.45, 7) is 6.18. The second-order valence-electron chi connectivity index (χ2n) is 4.45. The van der Waals surface area contributed by atoms with E-state index in [1.165, 1.54) is 0 Å². The van der Waals surface area contributed by atoms with E-state index in [-0.39, 0.29) is 0 Å². The molecule has 86 valence electrons. The molecule has 0 spiro atoms. The van der Waals surface area contributed by atoms with Gasteiger partial charge in [-0.15, -0.1) is 0 Å². The van der Waals surface area contributed by atoms with Crippen molar-refractivity contribution in [2.45, 2.75) is 26.7 Å². The molecule has 1 aromatic heterocycles. The van der Waals surface area contributed by atoms with Crippen molar-refractivity contribution in [1.29, 1.82) is 5.26 Å². The minimum Gasteiger partial charge on any atom is -0.241 e. The number of nitrogens with zero attached hydrogens (tertiary/aromatic N) is 3. The van der Waals surface area contributed by atoms with Crippen LogP contribution >= 0.6 is 0 Å². The van der Waals surface area contributed by atoms with Gasteiger partial charge in [-0.2, -0.15) is 10.4 Å². The summed E-state index contributed by atoms with van der Waals surface area (Å²) in [5, 5.41) is 13.4. The highest BCUT2D eigenvalue weighted by Crippen LogP contribution is 2.16. The molecule has 3 heteroatoms. The zero-order chi connectivity index (χ0) is 12.4. The molecule has 1 heterocycles. The van der Waals surface area contributed by atoms with Gasteiger partial charge in [0.15, 0.2) is 0 Å². The number of benzene rings is 1. The number of rotatable bonds is 2. The molecule has 0 aliphatic carbocycles. The van der Waals surface area contributed by atoms with Gasteiger partial charge < -0.3 is 0 Å². The lowest BCUT2D eigenvalue weighted by Gasteiger charge is -2.04. The van der Waals surface area contributed by atoms with Gasteiger partial charge >= 0.3 is 0 Å². The molecule has 0 bridgehead atoms. The Kier molecular flexibility index (Phi) is 2.97. The molecule has 0 saturated carbocycles. The summed E-state index contributed by atoms with van der Waals surface area (Å²) >= 11 is 0. The van der Waals surface area contributed by atoms with Crippen LogP contribution in [0.1, 0.15) is 36.6 Å². The van der Waals surface area contributed by atoms with E-state index in [0.717, 1.165) is 16.9 Å². The molecular weight excluding hydrogens is 210 g/mol. The topological polar surface area (TPSA) is 41.6 Å². The van der Waals surface area contributed by atoms with Gasteiger partial charge in [0.1, 0.15) is 0 Å². The molecule has 17 heavy (non-hydrogen) atoms. The molecule has 0 N–H and O–H groups in total. The Morgan fingerprint density at radius 3 is 2.59 bits per heavy atom. The number of aryl methyl sites for hydroxylation is 1. The minimum absolute atomic E-state index is 0.427.